The minimum Gasteiger partial charge on any atom is -0.497 e. The summed E-state index contributed by atoms with van der Waals surface area (Å²) in [5.41, 5.74) is 1.07. The van der Waals surface area contributed by atoms with Crippen LogP contribution >= 0.6 is 0 Å². The van der Waals surface area contributed by atoms with Crippen molar-refractivity contribution in [2.45, 2.75) is 13.0 Å². The van der Waals surface area contributed by atoms with Gasteiger partial charge >= 0.3 is 0 Å². The van der Waals surface area contributed by atoms with Crippen LogP contribution in [0.1, 0.15) is 12.0 Å². The van der Waals surface area contributed by atoms with Crippen LogP contribution in [0.3, 0.4) is 0 Å². The summed E-state index contributed by atoms with van der Waals surface area (Å²) in [6.07, 6.45) is 0.940. The van der Waals surface area contributed by atoms with Gasteiger partial charge in [0.05, 0.1) is 14.2 Å². The zero-order valence-corrected chi connectivity index (χ0v) is 14.2. The number of rotatable bonds is 8. The van der Waals surface area contributed by atoms with E-state index in [4.69, 9.17) is 14.2 Å². The largest absolute Gasteiger partial charge is 0.497 e. The molecule has 1 aromatic carbocycles. The number of nitrogens with zero attached hydrogens (tertiary/aromatic N) is 2. The van der Waals surface area contributed by atoms with Crippen molar-refractivity contribution in [3.05, 3.63) is 23.8 Å². The molecular formula is C16H27N3O3. The third kappa shape index (κ3) is 5.44. The van der Waals surface area contributed by atoms with Crippen LogP contribution in [0.15, 0.2) is 23.2 Å². The lowest BCUT2D eigenvalue weighted by atomic mass is 10.2. The molecule has 1 aromatic rings. The third-order valence-electron chi connectivity index (χ3n) is 3.28. The van der Waals surface area contributed by atoms with Crippen molar-refractivity contribution < 1.29 is 14.2 Å². The zero-order valence-electron chi connectivity index (χ0n) is 14.2. The average Bonchev–Trinajstić information content (AvgIpc) is 2.55. The number of guanidine groups is 1. The van der Waals surface area contributed by atoms with Crippen molar-refractivity contribution in [3.63, 3.8) is 0 Å². The average molecular weight is 309 g/mol. The molecule has 0 aliphatic carbocycles. The van der Waals surface area contributed by atoms with E-state index in [1.165, 1.54) is 0 Å². The molecule has 0 aromatic heterocycles. The van der Waals surface area contributed by atoms with E-state index in [0.717, 1.165) is 42.6 Å². The molecule has 1 N–H and O–H groups in total. The van der Waals surface area contributed by atoms with Crippen LogP contribution in [0, 0.1) is 0 Å². The minimum atomic E-state index is 0.692. The normalized spacial score (nSPS) is 11.2. The lowest BCUT2D eigenvalue weighted by molar-refractivity contribution is 0.195. The Kier molecular flexibility index (Phi) is 8.14. The smallest absolute Gasteiger partial charge is 0.193 e. The van der Waals surface area contributed by atoms with Gasteiger partial charge in [0.15, 0.2) is 5.96 Å². The van der Waals surface area contributed by atoms with Crippen LogP contribution in [0.5, 0.6) is 11.5 Å². The van der Waals surface area contributed by atoms with Gasteiger partial charge in [-0.05, 0) is 18.6 Å². The minimum absolute atomic E-state index is 0.692. The number of hydrogen-bond acceptors (Lipinski definition) is 4. The molecule has 6 heteroatoms. The van der Waals surface area contributed by atoms with Crippen LogP contribution in [0.2, 0.25) is 0 Å². The molecule has 22 heavy (non-hydrogen) atoms. The second kappa shape index (κ2) is 9.89. The summed E-state index contributed by atoms with van der Waals surface area (Å²) >= 11 is 0. The fourth-order valence-electron chi connectivity index (χ4n) is 2.11. The fraction of sp³-hybridized carbons (Fsp3) is 0.562. The molecule has 0 bridgehead atoms. The lowest BCUT2D eigenvalue weighted by Crippen LogP contribution is -2.39. The van der Waals surface area contributed by atoms with E-state index in [1.54, 1.807) is 28.4 Å². The number of nitrogens with one attached hydrogen (secondary N) is 1. The highest BCUT2D eigenvalue weighted by atomic mass is 16.5. The zero-order chi connectivity index (χ0) is 16.4. The molecule has 0 atom stereocenters. The summed E-state index contributed by atoms with van der Waals surface area (Å²) in [5.74, 6) is 2.43. The fourth-order valence-corrected chi connectivity index (χ4v) is 2.11. The van der Waals surface area contributed by atoms with Crippen LogP contribution in [0.25, 0.3) is 0 Å². The molecular weight excluding hydrogens is 282 g/mol. The van der Waals surface area contributed by atoms with Crippen molar-refractivity contribution in [1.82, 2.24) is 10.2 Å². The van der Waals surface area contributed by atoms with E-state index >= 15 is 0 Å². The molecule has 0 spiro atoms. The molecule has 0 aliphatic heterocycles. The topological polar surface area (TPSA) is 55.3 Å². The highest BCUT2D eigenvalue weighted by Gasteiger charge is 2.11. The van der Waals surface area contributed by atoms with E-state index in [-0.39, 0.29) is 0 Å². The first-order valence-electron chi connectivity index (χ1n) is 7.27. The number of benzene rings is 1. The van der Waals surface area contributed by atoms with E-state index in [1.807, 2.05) is 25.2 Å². The maximum absolute atomic E-state index is 5.43. The summed E-state index contributed by atoms with van der Waals surface area (Å²) in [6.45, 7) is 2.25. The van der Waals surface area contributed by atoms with E-state index in [9.17, 15) is 0 Å². The highest BCUT2D eigenvalue weighted by molar-refractivity contribution is 5.79. The number of aliphatic imine (C=N–C) groups is 1. The maximum atomic E-state index is 5.43. The molecule has 1 rings (SSSR count). The van der Waals surface area contributed by atoms with Crippen molar-refractivity contribution in [1.29, 1.82) is 0 Å². The Morgan fingerprint density at radius 1 is 1.23 bits per heavy atom. The van der Waals surface area contributed by atoms with Crippen LogP contribution in [0.4, 0.5) is 0 Å². The van der Waals surface area contributed by atoms with Gasteiger partial charge in [0.1, 0.15) is 11.5 Å². The van der Waals surface area contributed by atoms with Gasteiger partial charge in [0.25, 0.3) is 0 Å². The third-order valence-corrected chi connectivity index (χ3v) is 3.28. The number of methoxy groups -OCH3 is 3. The van der Waals surface area contributed by atoms with Crippen molar-refractivity contribution >= 4 is 5.96 Å². The van der Waals surface area contributed by atoms with Crippen LogP contribution in [-0.2, 0) is 11.3 Å². The second-order valence-corrected chi connectivity index (χ2v) is 4.85. The van der Waals surface area contributed by atoms with E-state index in [0.29, 0.717) is 6.54 Å². The van der Waals surface area contributed by atoms with Crippen LogP contribution < -0.4 is 14.8 Å². The van der Waals surface area contributed by atoms with Crippen molar-refractivity contribution in [2.24, 2.45) is 4.99 Å². The Hall–Kier alpha value is -1.95. The molecule has 0 heterocycles. The van der Waals surface area contributed by atoms with Gasteiger partial charge in [-0.2, -0.15) is 0 Å². The summed E-state index contributed by atoms with van der Waals surface area (Å²) in [5, 5.41) is 3.31. The van der Waals surface area contributed by atoms with E-state index < -0.39 is 0 Å². The Morgan fingerprint density at radius 3 is 2.59 bits per heavy atom. The number of ether oxygens (including phenoxy) is 3. The predicted molar refractivity (Wildman–Crippen MR) is 88.9 cm³/mol. The van der Waals surface area contributed by atoms with Crippen molar-refractivity contribution in [2.75, 3.05) is 48.6 Å². The molecule has 6 nitrogen and oxygen atoms in total. The summed E-state index contributed by atoms with van der Waals surface area (Å²) < 4.78 is 15.7. The Morgan fingerprint density at radius 2 is 2.00 bits per heavy atom. The monoisotopic (exact) mass is 309 g/mol. The Balaban J connectivity index is 2.67. The van der Waals surface area contributed by atoms with Gasteiger partial charge in [-0.15, -0.1) is 0 Å². The second-order valence-electron chi connectivity index (χ2n) is 4.85. The SMILES string of the molecule is CN=C(NCCCOC)N(C)Cc1ccc(OC)cc1OC. The van der Waals surface area contributed by atoms with Gasteiger partial charge in [-0.1, -0.05) is 0 Å². The lowest BCUT2D eigenvalue weighted by Gasteiger charge is -2.23. The summed E-state index contributed by atoms with van der Waals surface area (Å²) in [6, 6.07) is 5.82. The first-order chi connectivity index (χ1) is 10.7. The molecule has 0 unspecified atom stereocenters. The molecule has 124 valence electrons. The first kappa shape index (κ1) is 18.1. The molecule has 0 fully saturated rings. The molecule has 0 saturated carbocycles. The van der Waals surface area contributed by atoms with E-state index in [2.05, 4.69) is 15.2 Å². The van der Waals surface area contributed by atoms with Gasteiger partial charge < -0.3 is 24.4 Å². The summed E-state index contributed by atoms with van der Waals surface area (Å²) in [4.78, 5) is 6.35. The first-order valence-corrected chi connectivity index (χ1v) is 7.27. The Bertz CT molecular complexity index is 478. The Labute approximate surface area is 133 Å². The number of hydrogen-bond donors (Lipinski definition) is 1. The highest BCUT2D eigenvalue weighted by Crippen LogP contribution is 2.25. The van der Waals surface area contributed by atoms with Crippen molar-refractivity contribution in [3.8, 4) is 11.5 Å². The maximum Gasteiger partial charge on any atom is 0.193 e. The van der Waals surface area contributed by atoms with Gasteiger partial charge in [0, 0.05) is 52.5 Å². The predicted octanol–water partition coefficient (Wildman–Crippen LogP) is 1.75. The molecule has 0 saturated heterocycles. The quantitative estimate of drug-likeness (QED) is 0.450. The standard InChI is InChI=1S/C16H27N3O3/c1-17-16(18-9-6-10-20-3)19(2)12-13-7-8-14(21-4)11-15(13)22-5/h7-8,11H,6,9-10,12H2,1-5H3,(H,17,18). The van der Waals surface area contributed by atoms with Crippen LogP contribution in [-0.4, -0.2) is 59.4 Å². The molecule has 0 radical (unpaired) electrons. The van der Waals surface area contributed by atoms with Gasteiger partial charge in [0.2, 0.25) is 0 Å². The molecule has 0 amide bonds. The van der Waals surface area contributed by atoms with Gasteiger partial charge in [-0.3, -0.25) is 4.99 Å². The van der Waals surface area contributed by atoms with Gasteiger partial charge in [-0.25, -0.2) is 0 Å². The molecule has 0 aliphatic rings. The summed E-state index contributed by atoms with van der Waals surface area (Å²) in [7, 11) is 8.79.